The Morgan fingerprint density at radius 2 is 2.05 bits per heavy atom. The predicted octanol–water partition coefficient (Wildman–Crippen LogP) is 3.04. The van der Waals surface area contributed by atoms with E-state index in [1.54, 1.807) is 19.2 Å². The summed E-state index contributed by atoms with van der Waals surface area (Å²) >= 11 is 0. The highest BCUT2D eigenvalue weighted by molar-refractivity contribution is 5.36. The largest absolute Gasteiger partial charge is 0.416 e. The highest BCUT2D eigenvalue weighted by Crippen LogP contribution is 2.50. The van der Waals surface area contributed by atoms with Crippen LogP contribution in [0.3, 0.4) is 0 Å². The van der Waals surface area contributed by atoms with Crippen molar-refractivity contribution in [3.8, 4) is 0 Å². The van der Waals surface area contributed by atoms with Gasteiger partial charge in [-0.2, -0.15) is 13.2 Å². The van der Waals surface area contributed by atoms with Crippen LogP contribution in [0.2, 0.25) is 0 Å². The van der Waals surface area contributed by atoms with E-state index in [0.29, 0.717) is 18.1 Å². The van der Waals surface area contributed by atoms with Crippen LogP contribution in [0.25, 0.3) is 0 Å². The molecule has 5 heteroatoms. The van der Waals surface area contributed by atoms with Crippen LogP contribution in [0.15, 0.2) is 24.3 Å². The number of alkyl halides is 3. The van der Waals surface area contributed by atoms with Gasteiger partial charge in [0.05, 0.1) is 12.2 Å². The highest BCUT2D eigenvalue weighted by atomic mass is 19.4. The van der Waals surface area contributed by atoms with Gasteiger partial charge in [-0.05, 0) is 36.4 Å². The first kappa shape index (κ1) is 14.3. The van der Waals surface area contributed by atoms with E-state index in [1.165, 1.54) is 12.1 Å². The van der Waals surface area contributed by atoms with Gasteiger partial charge in [0.25, 0.3) is 0 Å². The summed E-state index contributed by atoms with van der Waals surface area (Å²) in [5.41, 5.74) is -0.0482. The van der Waals surface area contributed by atoms with Crippen LogP contribution < -0.4 is 5.32 Å². The minimum Gasteiger partial charge on any atom is -0.383 e. The second-order valence-electron chi connectivity index (χ2n) is 4.88. The molecule has 0 aromatic heterocycles. The molecule has 2 rings (SSSR count). The highest BCUT2D eigenvalue weighted by Gasteiger charge is 2.43. The topological polar surface area (TPSA) is 21.3 Å². The SMILES string of the molecule is COCCNCC1CC1c1ccccc1C(F)(F)F. The maximum atomic E-state index is 12.9. The molecule has 1 aromatic carbocycles. The summed E-state index contributed by atoms with van der Waals surface area (Å²) < 4.78 is 43.6. The number of nitrogens with one attached hydrogen (secondary N) is 1. The summed E-state index contributed by atoms with van der Waals surface area (Å²) in [7, 11) is 1.63. The van der Waals surface area contributed by atoms with E-state index < -0.39 is 11.7 Å². The Hall–Kier alpha value is -1.07. The third-order valence-electron chi connectivity index (χ3n) is 3.48. The first-order chi connectivity index (χ1) is 9.04. The van der Waals surface area contributed by atoms with Gasteiger partial charge in [0.15, 0.2) is 0 Å². The van der Waals surface area contributed by atoms with E-state index in [-0.39, 0.29) is 5.92 Å². The maximum Gasteiger partial charge on any atom is 0.416 e. The molecule has 0 bridgehead atoms. The molecule has 0 saturated heterocycles. The van der Waals surface area contributed by atoms with Gasteiger partial charge in [0, 0.05) is 13.7 Å². The van der Waals surface area contributed by atoms with Crippen LogP contribution in [0.4, 0.5) is 13.2 Å². The smallest absolute Gasteiger partial charge is 0.383 e. The summed E-state index contributed by atoms with van der Waals surface area (Å²) in [6.45, 7) is 2.11. The average Bonchev–Trinajstić information content (AvgIpc) is 3.13. The Morgan fingerprint density at radius 1 is 1.32 bits per heavy atom. The maximum absolute atomic E-state index is 12.9. The van der Waals surface area contributed by atoms with Crippen molar-refractivity contribution in [1.82, 2.24) is 5.32 Å². The van der Waals surface area contributed by atoms with Gasteiger partial charge in [-0.25, -0.2) is 0 Å². The molecule has 1 aliphatic rings. The van der Waals surface area contributed by atoms with E-state index in [9.17, 15) is 13.2 Å². The zero-order chi connectivity index (χ0) is 13.9. The lowest BCUT2D eigenvalue weighted by molar-refractivity contribution is -0.138. The molecule has 0 aliphatic heterocycles. The Balaban J connectivity index is 1.94. The third kappa shape index (κ3) is 3.70. The quantitative estimate of drug-likeness (QED) is 0.804. The van der Waals surface area contributed by atoms with Crippen molar-refractivity contribution >= 4 is 0 Å². The van der Waals surface area contributed by atoms with Crippen molar-refractivity contribution < 1.29 is 17.9 Å². The number of benzene rings is 1. The van der Waals surface area contributed by atoms with Gasteiger partial charge in [-0.15, -0.1) is 0 Å². The van der Waals surface area contributed by atoms with Crippen molar-refractivity contribution in [2.24, 2.45) is 5.92 Å². The lowest BCUT2D eigenvalue weighted by Crippen LogP contribution is -2.22. The zero-order valence-corrected chi connectivity index (χ0v) is 10.8. The molecule has 1 fully saturated rings. The lowest BCUT2D eigenvalue weighted by atomic mass is 10.0. The fraction of sp³-hybridized carbons (Fsp3) is 0.571. The fourth-order valence-corrected chi connectivity index (χ4v) is 2.39. The number of rotatable bonds is 6. The Morgan fingerprint density at radius 3 is 2.74 bits per heavy atom. The monoisotopic (exact) mass is 273 g/mol. The van der Waals surface area contributed by atoms with Gasteiger partial charge in [0.2, 0.25) is 0 Å². The zero-order valence-electron chi connectivity index (χ0n) is 10.8. The number of methoxy groups -OCH3 is 1. The minimum absolute atomic E-state index is 0.0351. The van der Waals surface area contributed by atoms with Crippen molar-refractivity contribution in [2.45, 2.75) is 18.5 Å². The van der Waals surface area contributed by atoms with Crippen molar-refractivity contribution in [1.29, 1.82) is 0 Å². The molecule has 2 unspecified atom stereocenters. The van der Waals surface area contributed by atoms with E-state index in [4.69, 9.17) is 4.74 Å². The van der Waals surface area contributed by atoms with Gasteiger partial charge in [0.1, 0.15) is 0 Å². The van der Waals surface area contributed by atoms with Crippen LogP contribution in [0, 0.1) is 5.92 Å². The molecule has 2 atom stereocenters. The van der Waals surface area contributed by atoms with E-state index in [1.807, 2.05) is 0 Å². The van der Waals surface area contributed by atoms with Crippen LogP contribution in [-0.4, -0.2) is 26.8 Å². The minimum atomic E-state index is -4.26. The summed E-state index contributed by atoms with van der Waals surface area (Å²) in [6, 6.07) is 5.89. The summed E-state index contributed by atoms with van der Waals surface area (Å²) in [5.74, 6) is 0.341. The van der Waals surface area contributed by atoms with Crippen LogP contribution >= 0.6 is 0 Å². The molecule has 1 N–H and O–H groups in total. The molecule has 0 heterocycles. The molecule has 2 nitrogen and oxygen atoms in total. The first-order valence-electron chi connectivity index (χ1n) is 6.40. The molecule has 0 amide bonds. The Bertz CT molecular complexity index is 419. The van der Waals surface area contributed by atoms with Gasteiger partial charge >= 0.3 is 6.18 Å². The molecular formula is C14H18F3NO. The van der Waals surface area contributed by atoms with Crippen molar-refractivity contribution in [2.75, 3.05) is 26.8 Å². The molecular weight excluding hydrogens is 255 g/mol. The van der Waals surface area contributed by atoms with Crippen LogP contribution in [0.1, 0.15) is 23.5 Å². The second-order valence-corrected chi connectivity index (χ2v) is 4.88. The Labute approximate surface area is 111 Å². The van der Waals surface area contributed by atoms with Crippen LogP contribution in [-0.2, 0) is 10.9 Å². The number of hydrogen-bond acceptors (Lipinski definition) is 2. The first-order valence-corrected chi connectivity index (χ1v) is 6.40. The van der Waals surface area contributed by atoms with E-state index in [0.717, 1.165) is 19.5 Å². The van der Waals surface area contributed by atoms with Gasteiger partial charge in [-0.1, -0.05) is 18.2 Å². The van der Waals surface area contributed by atoms with Gasteiger partial charge in [-0.3, -0.25) is 0 Å². The third-order valence-corrected chi connectivity index (χ3v) is 3.48. The standard InChI is InChI=1S/C14H18F3NO/c1-19-7-6-18-9-10-8-12(10)11-4-2-3-5-13(11)14(15,16)17/h2-5,10,12,18H,6-9H2,1H3. The Kier molecular flexibility index (Phi) is 4.47. The number of hydrogen-bond donors (Lipinski definition) is 1. The molecule has 106 valence electrons. The summed E-state index contributed by atoms with van der Waals surface area (Å²) in [4.78, 5) is 0. The molecule has 0 radical (unpaired) electrons. The summed E-state index contributed by atoms with van der Waals surface area (Å²) in [6.07, 6.45) is -3.43. The molecule has 19 heavy (non-hydrogen) atoms. The van der Waals surface area contributed by atoms with E-state index in [2.05, 4.69) is 5.32 Å². The van der Waals surface area contributed by atoms with Gasteiger partial charge < -0.3 is 10.1 Å². The molecule has 1 saturated carbocycles. The molecule has 1 aliphatic carbocycles. The average molecular weight is 273 g/mol. The second kappa shape index (κ2) is 5.92. The van der Waals surface area contributed by atoms with Crippen molar-refractivity contribution in [3.63, 3.8) is 0 Å². The molecule has 0 spiro atoms. The fourth-order valence-electron chi connectivity index (χ4n) is 2.39. The number of halogens is 3. The normalized spacial score (nSPS) is 22.5. The summed E-state index contributed by atoms with van der Waals surface area (Å²) in [5, 5.41) is 3.20. The predicted molar refractivity (Wildman–Crippen MR) is 67.0 cm³/mol. The molecule has 1 aromatic rings. The van der Waals surface area contributed by atoms with Crippen LogP contribution in [0.5, 0.6) is 0 Å². The van der Waals surface area contributed by atoms with E-state index >= 15 is 0 Å². The lowest BCUT2D eigenvalue weighted by Gasteiger charge is -2.12. The number of ether oxygens (including phenoxy) is 1. The van der Waals surface area contributed by atoms with Crippen molar-refractivity contribution in [3.05, 3.63) is 35.4 Å².